The van der Waals surface area contributed by atoms with E-state index in [0.29, 0.717) is 17.7 Å². The predicted octanol–water partition coefficient (Wildman–Crippen LogP) is 6.79. The highest BCUT2D eigenvalue weighted by Gasteiger charge is 2.48. The second kappa shape index (κ2) is 21.1. The number of rotatable bonds is 24. The summed E-state index contributed by atoms with van der Waals surface area (Å²) in [5, 5.41) is 22.2. The summed E-state index contributed by atoms with van der Waals surface area (Å²) in [7, 11) is 0. The smallest absolute Gasteiger partial charge is 0.208 e. The van der Waals surface area contributed by atoms with Gasteiger partial charge in [-0.2, -0.15) is 0 Å². The first-order valence-electron chi connectivity index (χ1n) is 14.4. The Bertz CT molecular complexity index is 383. The average Bonchev–Trinajstić information content (AvgIpc) is 2.79. The van der Waals surface area contributed by atoms with Crippen LogP contribution in [0.15, 0.2) is 0 Å². The Hall–Kier alpha value is -0.200. The lowest BCUT2D eigenvalue weighted by Crippen LogP contribution is -2.68. The number of nitrogens with zero attached hydrogens (tertiary/aromatic N) is 1. The number of hydrogen-bond acceptors (Lipinski definition) is 4. The largest absolute Gasteiger partial charge is 0.363 e. The standard InChI is InChI=1S/C28H60NO4/c1-7-13-15-17-19-21-23-29(24-22-20-18-16-14-8-2,25(9-3)27(30)32-11-5)26(10-4)28(31)33-12-6/h25-28,30-31H,7-24H2,1-6H3/q+1. The minimum absolute atomic E-state index is 0.0590. The Morgan fingerprint density at radius 3 is 1.15 bits per heavy atom. The number of hydrogen-bond donors (Lipinski definition) is 2. The van der Waals surface area contributed by atoms with E-state index < -0.39 is 12.6 Å². The minimum atomic E-state index is -0.817. The lowest BCUT2D eigenvalue weighted by molar-refractivity contribution is -0.985. The summed E-state index contributed by atoms with van der Waals surface area (Å²) in [6.07, 6.45) is 14.9. The lowest BCUT2D eigenvalue weighted by Gasteiger charge is -2.52. The zero-order valence-corrected chi connectivity index (χ0v) is 23.2. The van der Waals surface area contributed by atoms with Crippen LogP contribution in [0, 0.1) is 0 Å². The Kier molecular flexibility index (Phi) is 21.0. The maximum Gasteiger partial charge on any atom is 0.208 e. The molecule has 5 nitrogen and oxygen atoms in total. The van der Waals surface area contributed by atoms with Crippen molar-refractivity contribution in [1.29, 1.82) is 0 Å². The summed E-state index contributed by atoms with van der Waals surface area (Å²) in [6.45, 7) is 15.6. The molecule has 0 amide bonds. The van der Waals surface area contributed by atoms with E-state index in [4.69, 9.17) is 9.47 Å². The lowest BCUT2D eigenvalue weighted by atomic mass is 9.97. The van der Waals surface area contributed by atoms with Gasteiger partial charge < -0.3 is 24.2 Å². The van der Waals surface area contributed by atoms with E-state index in [1.807, 2.05) is 13.8 Å². The molecule has 0 aromatic carbocycles. The SMILES string of the molecule is CCCCCCCC[N+](CCCCCCCC)(C(CC)C(O)OCC)C(CC)C(O)OCC. The van der Waals surface area contributed by atoms with E-state index in [2.05, 4.69) is 27.7 Å². The van der Waals surface area contributed by atoms with Crippen LogP contribution in [0.3, 0.4) is 0 Å². The maximum atomic E-state index is 11.1. The summed E-state index contributed by atoms with van der Waals surface area (Å²) in [5.41, 5.74) is 0. The number of unbranched alkanes of at least 4 members (excludes halogenated alkanes) is 10. The third-order valence-electron chi connectivity index (χ3n) is 7.35. The number of ether oxygens (including phenoxy) is 2. The summed E-state index contributed by atoms with van der Waals surface area (Å²) < 4.78 is 12.2. The van der Waals surface area contributed by atoms with Gasteiger partial charge in [-0.3, -0.25) is 0 Å². The molecule has 33 heavy (non-hydrogen) atoms. The van der Waals surface area contributed by atoms with Crippen LogP contribution in [0.5, 0.6) is 0 Å². The topological polar surface area (TPSA) is 58.9 Å². The molecule has 0 rings (SSSR count). The van der Waals surface area contributed by atoms with Crippen molar-refractivity contribution in [3.63, 3.8) is 0 Å². The van der Waals surface area contributed by atoms with Crippen LogP contribution in [0.25, 0.3) is 0 Å². The molecule has 0 radical (unpaired) electrons. The molecular formula is C28H60NO4+. The molecule has 0 fully saturated rings. The first-order chi connectivity index (χ1) is 16.0. The van der Waals surface area contributed by atoms with Crippen molar-refractivity contribution < 1.29 is 24.2 Å². The molecule has 2 N–H and O–H groups in total. The van der Waals surface area contributed by atoms with Crippen molar-refractivity contribution in [3.8, 4) is 0 Å². The molecule has 0 bridgehead atoms. The third kappa shape index (κ3) is 12.4. The van der Waals surface area contributed by atoms with Crippen LogP contribution in [0.2, 0.25) is 0 Å². The number of aliphatic hydroxyl groups excluding tert-OH is 2. The van der Waals surface area contributed by atoms with E-state index in [0.717, 1.165) is 38.8 Å². The minimum Gasteiger partial charge on any atom is -0.363 e. The summed E-state index contributed by atoms with van der Waals surface area (Å²) >= 11 is 0. The van der Waals surface area contributed by atoms with Crippen molar-refractivity contribution in [2.45, 2.75) is 156 Å². The Morgan fingerprint density at radius 2 is 0.848 bits per heavy atom. The Labute approximate surface area is 206 Å². The van der Waals surface area contributed by atoms with Crippen LogP contribution in [0.4, 0.5) is 0 Å². The second-order valence-electron chi connectivity index (χ2n) is 9.73. The van der Waals surface area contributed by atoms with Gasteiger partial charge in [-0.05, 0) is 39.5 Å². The van der Waals surface area contributed by atoms with Gasteiger partial charge in [-0.1, -0.05) is 79.1 Å². The molecule has 200 valence electrons. The molecule has 5 heteroatoms. The van der Waals surface area contributed by atoms with Crippen LogP contribution in [-0.2, 0) is 9.47 Å². The molecule has 0 heterocycles. The monoisotopic (exact) mass is 474 g/mol. The third-order valence-corrected chi connectivity index (χ3v) is 7.35. The van der Waals surface area contributed by atoms with Crippen LogP contribution >= 0.6 is 0 Å². The molecule has 0 aromatic rings. The fourth-order valence-electron chi connectivity index (χ4n) is 5.60. The van der Waals surface area contributed by atoms with Crippen LogP contribution in [0.1, 0.15) is 131 Å². The Balaban J connectivity index is 5.80. The average molecular weight is 475 g/mol. The van der Waals surface area contributed by atoms with E-state index in [-0.39, 0.29) is 12.1 Å². The van der Waals surface area contributed by atoms with E-state index in [1.54, 1.807) is 0 Å². The first-order valence-corrected chi connectivity index (χ1v) is 14.4. The molecule has 0 saturated heterocycles. The highest BCUT2D eigenvalue weighted by Crippen LogP contribution is 2.32. The molecular weight excluding hydrogens is 414 g/mol. The molecule has 0 aliphatic heterocycles. The molecule has 0 saturated carbocycles. The van der Waals surface area contributed by atoms with Crippen molar-refractivity contribution in [3.05, 3.63) is 0 Å². The van der Waals surface area contributed by atoms with Crippen molar-refractivity contribution in [1.82, 2.24) is 0 Å². The van der Waals surface area contributed by atoms with Gasteiger partial charge in [-0.15, -0.1) is 0 Å². The summed E-state index contributed by atoms with van der Waals surface area (Å²) in [4.78, 5) is 0. The van der Waals surface area contributed by atoms with Gasteiger partial charge >= 0.3 is 0 Å². The van der Waals surface area contributed by atoms with Crippen molar-refractivity contribution in [2.75, 3.05) is 26.3 Å². The Morgan fingerprint density at radius 1 is 0.515 bits per heavy atom. The summed E-state index contributed by atoms with van der Waals surface area (Å²) in [5.74, 6) is 0. The van der Waals surface area contributed by atoms with E-state index in [9.17, 15) is 10.2 Å². The summed E-state index contributed by atoms with van der Waals surface area (Å²) in [6, 6.07) is -0.118. The second-order valence-corrected chi connectivity index (χ2v) is 9.73. The highest BCUT2D eigenvalue weighted by molar-refractivity contribution is 4.72. The highest BCUT2D eigenvalue weighted by atomic mass is 16.6. The fraction of sp³-hybridized carbons (Fsp3) is 1.00. The van der Waals surface area contributed by atoms with E-state index >= 15 is 0 Å². The van der Waals surface area contributed by atoms with Crippen LogP contribution < -0.4 is 0 Å². The van der Waals surface area contributed by atoms with Gasteiger partial charge in [0.05, 0.1) is 13.1 Å². The molecule has 0 aliphatic rings. The van der Waals surface area contributed by atoms with Gasteiger partial charge in [0.15, 0.2) is 0 Å². The van der Waals surface area contributed by atoms with Gasteiger partial charge in [-0.25, -0.2) is 0 Å². The first kappa shape index (κ1) is 32.8. The normalized spacial score (nSPS) is 16.0. The molecule has 0 spiro atoms. The van der Waals surface area contributed by atoms with Crippen LogP contribution in [-0.4, -0.2) is 65.7 Å². The van der Waals surface area contributed by atoms with Gasteiger partial charge in [0.1, 0.15) is 12.1 Å². The fourth-order valence-corrected chi connectivity index (χ4v) is 5.60. The molecule has 4 atom stereocenters. The molecule has 4 unspecified atom stereocenters. The zero-order valence-electron chi connectivity index (χ0n) is 23.2. The van der Waals surface area contributed by atoms with Gasteiger partial charge in [0, 0.05) is 26.1 Å². The van der Waals surface area contributed by atoms with Gasteiger partial charge in [0.25, 0.3) is 0 Å². The van der Waals surface area contributed by atoms with Crippen molar-refractivity contribution in [2.24, 2.45) is 0 Å². The quantitative estimate of drug-likeness (QED) is 0.0918. The van der Waals surface area contributed by atoms with E-state index in [1.165, 1.54) is 64.2 Å². The maximum absolute atomic E-state index is 11.1. The number of aliphatic hydroxyl groups is 2. The van der Waals surface area contributed by atoms with Gasteiger partial charge in [0.2, 0.25) is 12.6 Å². The zero-order chi connectivity index (χ0) is 25.0. The van der Waals surface area contributed by atoms with Crippen molar-refractivity contribution >= 4 is 0 Å². The molecule has 0 aromatic heterocycles. The number of quaternary nitrogens is 1. The molecule has 0 aliphatic carbocycles. The predicted molar refractivity (Wildman–Crippen MR) is 140 cm³/mol.